The molecule has 4 N–H and O–H groups in total. The van der Waals surface area contributed by atoms with E-state index in [0.29, 0.717) is 17.1 Å². The predicted octanol–water partition coefficient (Wildman–Crippen LogP) is 4.75. The van der Waals surface area contributed by atoms with Crippen LogP contribution in [0.15, 0.2) is 78.1 Å². The van der Waals surface area contributed by atoms with E-state index < -0.39 is 0 Å². The molecular weight excluding hydrogens is 408 g/mol. The van der Waals surface area contributed by atoms with Crippen molar-refractivity contribution in [3.8, 4) is 11.1 Å². The molecule has 0 saturated heterocycles. The van der Waals surface area contributed by atoms with Crippen LogP contribution >= 0.6 is 11.9 Å². The number of hydrogen-bond donors (Lipinski definition) is 3. The van der Waals surface area contributed by atoms with Gasteiger partial charge in [-0.15, -0.1) is 0 Å². The zero-order valence-electron chi connectivity index (χ0n) is 17.2. The van der Waals surface area contributed by atoms with E-state index in [-0.39, 0.29) is 5.91 Å². The normalized spacial score (nSPS) is 10.7. The minimum Gasteiger partial charge on any atom is -0.338 e. The van der Waals surface area contributed by atoms with E-state index in [1.54, 1.807) is 29.2 Å². The lowest BCUT2D eigenvalue weighted by Crippen LogP contribution is -2.14. The maximum atomic E-state index is 12.9. The maximum Gasteiger partial charge on any atom is 0.255 e. The largest absolute Gasteiger partial charge is 0.338 e. The molecule has 7 nitrogen and oxygen atoms in total. The molecule has 156 valence electrons. The Hall–Kier alpha value is -3.62. The van der Waals surface area contributed by atoms with E-state index in [4.69, 9.17) is 5.14 Å². The average molecular weight is 431 g/mol. The molecule has 0 aliphatic carbocycles. The molecule has 0 radical (unpaired) electrons. The average Bonchev–Trinajstić information content (AvgIpc) is 3.22. The van der Waals surface area contributed by atoms with Crippen LogP contribution in [0.4, 0.5) is 17.2 Å². The van der Waals surface area contributed by atoms with Crippen molar-refractivity contribution in [2.75, 3.05) is 10.6 Å². The van der Waals surface area contributed by atoms with Crippen molar-refractivity contribution in [2.45, 2.75) is 11.8 Å². The Bertz CT molecular complexity index is 1220. The molecular formula is C23H22N6OS. The Balaban J connectivity index is 1.69. The lowest BCUT2D eigenvalue weighted by atomic mass is 10.1. The molecule has 0 unspecified atom stereocenters. The van der Waals surface area contributed by atoms with Gasteiger partial charge in [0.1, 0.15) is 0 Å². The lowest BCUT2D eigenvalue weighted by Gasteiger charge is -2.15. The Morgan fingerprint density at radius 3 is 2.48 bits per heavy atom. The van der Waals surface area contributed by atoms with E-state index in [2.05, 4.69) is 20.7 Å². The third kappa shape index (κ3) is 4.76. The number of pyridine rings is 1. The molecule has 2 heterocycles. The minimum absolute atomic E-state index is 0.230. The summed E-state index contributed by atoms with van der Waals surface area (Å²) >= 11 is 1.14. The number of aryl methyl sites for hydroxylation is 2. The summed E-state index contributed by atoms with van der Waals surface area (Å²) in [6.45, 7) is 2.02. The van der Waals surface area contributed by atoms with E-state index in [9.17, 15) is 4.79 Å². The Morgan fingerprint density at radius 2 is 1.81 bits per heavy atom. The third-order valence-electron chi connectivity index (χ3n) is 4.82. The summed E-state index contributed by atoms with van der Waals surface area (Å²) in [7, 11) is 1.86. The summed E-state index contributed by atoms with van der Waals surface area (Å²) in [5, 5.41) is 16.1. The number of rotatable bonds is 6. The van der Waals surface area contributed by atoms with Gasteiger partial charge in [0.2, 0.25) is 0 Å². The lowest BCUT2D eigenvalue weighted by molar-refractivity contribution is 0.102. The van der Waals surface area contributed by atoms with E-state index in [0.717, 1.165) is 39.2 Å². The second kappa shape index (κ2) is 9.03. The number of carbonyl (C=O) groups is 1. The number of nitrogens with zero attached hydrogens (tertiary/aromatic N) is 3. The summed E-state index contributed by atoms with van der Waals surface area (Å²) in [6, 6.07) is 16.9. The van der Waals surface area contributed by atoms with Crippen molar-refractivity contribution in [2.24, 2.45) is 12.2 Å². The van der Waals surface area contributed by atoms with Crippen molar-refractivity contribution in [1.82, 2.24) is 14.8 Å². The van der Waals surface area contributed by atoms with Gasteiger partial charge in [0.15, 0.2) is 5.82 Å². The summed E-state index contributed by atoms with van der Waals surface area (Å²) < 4.78 is 1.73. The molecule has 0 aliphatic heterocycles. The molecule has 4 rings (SSSR count). The van der Waals surface area contributed by atoms with Crippen LogP contribution in [0.25, 0.3) is 11.1 Å². The number of aromatic nitrogens is 3. The molecule has 0 fully saturated rings. The number of para-hydroxylation sites is 1. The van der Waals surface area contributed by atoms with Crippen molar-refractivity contribution >= 4 is 35.0 Å². The topological polar surface area (TPSA) is 97.9 Å². The Morgan fingerprint density at radius 1 is 1.03 bits per heavy atom. The molecule has 0 saturated carbocycles. The fourth-order valence-corrected chi connectivity index (χ4v) is 3.40. The summed E-state index contributed by atoms with van der Waals surface area (Å²) in [6.07, 6.45) is 5.43. The molecule has 2 aromatic heterocycles. The third-order valence-corrected chi connectivity index (χ3v) is 5.37. The van der Waals surface area contributed by atoms with Gasteiger partial charge in [-0.05, 0) is 60.8 Å². The number of nitrogens with one attached hydrogen (secondary N) is 2. The van der Waals surface area contributed by atoms with Crippen LogP contribution in [-0.2, 0) is 7.05 Å². The number of hydrogen-bond acceptors (Lipinski definition) is 6. The van der Waals surface area contributed by atoms with Crippen LogP contribution < -0.4 is 15.8 Å². The molecule has 4 aromatic rings. The minimum atomic E-state index is -0.230. The summed E-state index contributed by atoms with van der Waals surface area (Å²) in [5.74, 6) is 0.330. The van der Waals surface area contributed by atoms with Crippen LogP contribution in [0.5, 0.6) is 0 Å². The zero-order valence-corrected chi connectivity index (χ0v) is 18.0. The van der Waals surface area contributed by atoms with Gasteiger partial charge in [-0.3, -0.25) is 14.6 Å². The quantitative estimate of drug-likeness (QED) is 0.382. The zero-order chi connectivity index (χ0) is 21.8. The van der Waals surface area contributed by atoms with Crippen LogP contribution in [0.3, 0.4) is 0 Å². The fraction of sp³-hybridized carbons (Fsp3) is 0.0870. The van der Waals surface area contributed by atoms with Gasteiger partial charge >= 0.3 is 0 Å². The van der Waals surface area contributed by atoms with Gasteiger partial charge in [-0.25, -0.2) is 4.98 Å². The molecule has 0 spiro atoms. The van der Waals surface area contributed by atoms with Crippen LogP contribution in [0.2, 0.25) is 0 Å². The number of carbonyl (C=O) groups excluding carboxylic acids is 1. The first-order valence-corrected chi connectivity index (χ1v) is 10.5. The highest BCUT2D eigenvalue weighted by Gasteiger charge is 2.14. The van der Waals surface area contributed by atoms with Crippen molar-refractivity contribution in [3.63, 3.8) is 0 Å². The monoisotopic (exact) mass is 430 g/mol. The van der Waals surface area contributed by atoms with Crippen molar-refractivity contribution in [1.29, 1.82) is 0 Å². The first kappa shape index (κ1) is 20.6. The van der Waals surface area contributed by atoms with Gasteiger partial charge in [0.05, 0.1) is 11.9 Å². The molecule has 8 heteroatoms. The highest BCUT2D eigenvalue weighted by Crippen LogP contribution is 2.30. The predicted molar refractivity (Wildman–Crippen MR) is 125 cm³/mol. The first-order chi connectivity index (χ1) is 15.0. The summed E-state index contributed by atoms with van der Waals surface area (Å²) in [4.78, 5) is 18.4. The van der Waals surface area contributed by atoms with Gasteiger partial charge in [0, 0.05) is 46.7 Å². The number of anilines is 3. The number of amides is 1. The second-order valence-corrected chi connectivity index (χ2v) is 7.77. The van der Waals surface area contributed by atoms with Crippen LogP contribution in [-0.4, -0.2) is 20.7 Å². The molecule has 0 aliphatic rings. The van der Waals surface area contributed by atoms with Crippen LogP contribution in [0, 0.1) is 6.92 Å². The Kier molecular flexibility index (Phi) is 6.01. The standard InChI is InChI=1S/C23H22N6OS/c1-15-5-3-4-6-20(15)27-22-21(11-17(12-25-22)18-13-26-29(2)14-18)28-23(30)16-7-9-19(31-24)10-8-16/h3-14H,24H2,1-2H3,(H,25,27)(H,28,30). The molecule has 0 atom stereocenters. The van der Waals surface area contributed by atoms with Gasteiger partial charge in [-0.1, -0.05) is 18.2 Å². The van der Waals surface area contributed by atoms with E-state index in [1.807, 2.05) is 62.6 Å². The molecule has 31 heavy (non-hydrogen) atoms. The highest BCUT2D eigenvalue weighted by atomic mass is 32.2. The van der Waals surface area contributed by atoms with E-state index >= 15 is 0 Å². The van der Waals surface area contributed by atoms with Crippen molar-refractivity contribution in [3.05, 3.63) is 84.3 Å². The number of nitrogens with two attached hydrogens (primary N) is 1. The highest BCUT2D eigenvalue weighted by molar-refractivity contribution is 7.97. The van der Waals surface area contributed by atoms with Crippen LogP contribution in [0.1, 0.15) is 15.9 Å². The summed E-state index contributed by atoms with van der Waals surface area (Å²) in [5.41, 5.74) is 4.88. The number of benzene rings is 2. The molecule has 2 aromatic carbocycles. The smallest absolute Gasteiger partial charge is 0.255 e. The Labute approximate surface area is 184 Å². The van der Waals surface area contributed by atoms with Crippen molar-refractivity contribution < 1.29 is 4.79 Å². The van der Waals surface area contributed by atoms with E-state index in [1.165, 1.54) is 0 Å². The second-order valence-electron chi connectivity index (χ2n) is 7.06. The molecule has 0 bridgehead atoms. The van der Waals surface area contributed by atoms with Gasteiger partial charge < -0.3 is 10.6 Å². The fourth-order valence-electron chi connectivity index (χ4n) is 3.11. The SMILES string of the molecule is Cc1ccccc1Nc1ncc(-c2cnn(C)c2)cc1NC(=O)c1ccc(SN)cc1. The van der Waals surface area contributed by atoms with Gasteiger partial charge in [0.25, 0.3) is 5.91 Å². The first-order valence-electron chi connectivity index (χ1n) is 9.63. The molecule has 1 amide bonds. The van der Waals surface area contributed by atoms with Gasteiger partial charge in [-0.2, -0.15) is 5.10 Å². The maximum absolute atomic E-state index is 12.9.